The van der Waals surface area contributed by atoms with E-state index in [1.54, 1.807) is 36.8 Å². The zero-order valence-corrected chi connectivity index (χ0v) is 18.2. The smallest absolute Gasteiger partial charge is 0.261 e. The number of rotatable bonds is 9. The number of sulfonamides is 1. The Labute approximate surface area is 185 Å². The molecular weight excluding hydrogens is 447 g/mol. The summed E-state index contributed by atoms with van der Waals surface area (Å²) < 4.78 is 29.4. The Hall–Kier alpha value is -2.55. The maximum Gasteiger partial charge on any atom is 0.261 e. The molecule has 3 aromatic rings. The SMILES string of the molecule is O=C(Cc1ccc(NS(=O)(=O)c2ccc(Cl)c(Cl)c2)cc1)NCCCn1ccnc1. The van der Waals surface area contributed by atoms with Crippen LogP contribution in [0, 0.1) is 0 Å². The van der Waals surface area contributed by atoms with Crippen LogP contribution in [0.1, 0.15) is 12.0 Å². The normalized spacial score (nSPS) is 11.3. The fourth-order valence-corrected chi connectivity index (χ4v) is 4.15. The van der Waals surface area contributed by atoms with Gasteiger partial charge in [0.1, 0.15) is 0 Å². The number of amides is 1. The van der Waals surface area contributed by atoms with E-state index in [-0.39, 0.29) is 27.3 Å². The van der Waals surface area contributed by atoms with E-state index in [0.29, 0.717) is 12.2 Å². The van der Waals surface area contributed by atoms with Crippen molar-refractivity contribution in [2.24, 2.45) is 0 Å². The zero-order chi connectivity index (χ0) is 21.6. The highest BCUT2D eigenvalue weighted by Gasteiger charge is 2.16. The number of nitrogens with one attached hydrogen (secondary N) is 2. The molecule has 2 aromatic carbocycles. The van der Waals surface area contributed by atoms with Gasteiger partial charge in [0, 0.05) is 31.2 Å². The molecule has 2 N–H and O–H groups in total. The average molecular weight is 467 g/mol. The molecule has 0 spiro atoms. The van der Waals surface area contributed by atoms with Gasteiger partial charge in [-0.3, -0.25) is 9.52 Å². The maximum absolute atomic E-state index is 12.5. The summed E-state index contributed by atoms with van der Waals surface area (Å²) in [5.41, 5.74) is 1.16. The minimum atomic E-state index is -3.80. The van der Waals surface area contributed by atoms with Crippen molar-refractivity contribution in [3.8, 4) is 0 Å². The Bertz CT molecular complexity index is 1100. The van der Waals surface area contributed by atoms with Crippen LogP contribution in [0.3, 0.4) is 0 Å². The van der Waals surface area contributed by atoms with Crippen LogP contribution in [-0.4, -0.2) is 30.4 Å². The first-order valence-electron chi connectivity index (χ1n) is 9.13. The lowest BCUT2D eigenvalue weighted by atomic mass is 10.1. The number of carbonyl (C=O) groups is 1. The minimum Gasteiger partial charge on any atom is -0.356 e. The van der Waals surface area contributed by atoms with Crippen molar-refractivity contribution in [2.45, 2.75) is 24.3 Å². The van der Waals surface area contributed by atoms with E-state index in [0.717, 1.165) is 18.5 Å². The molecule has 10 heteroatoms. The summed E-state index contributed by atoms with van der Waals surface area (Å²) in [5.74, 6) is -0.0928. The lowest BCUT2D eigenvalue weighted by Crippen LogP contribution is -2.26. The highest BCUT2D eigenvalue weighted by Crippen LogP contribution is 2.26. The predicted octanol–water partition coefficient (Wildman–Crippen LogP) is 3.74. The van der Waals surface area contributed by atoms with Gasteiger partial charge in [0.2, 0.25) is 5.91 Å². The highest BCUT2D eigenvalue weighted by atomic mass is 35.5. The lowest BCUT2D eigenvalue weighted by Gasteiger charge is -2.10. The van der Waals surface area contributed by atoms with Crippen molar-refractivity contribution < 1.29 is 13.2 Å². The standard InChI is InChI=1S/C20H20Cl2N4O3S/c21-18-7-6-17(13-19(18)22)30(28,29)25-16-4-2-15(3-5-16)12-20(27)24-8-1-10-26-11-9-23-14-26/h2-7,9,11,13-14,25H,1,8,10,12H2,(H,24,27). The molecule has 7 nitrogen and oxygen atoms in total. The van der Waals surface area contributed by atoms with Gasteiger partial charge in [0.25, 0.3) is 10.0 Å². The first-order chi connectivity index (χ1) is 14.3. The number of halogens is 2. The third-order valence-electron chi connectivity index (χ3n) is 4.25. The molecule has 3 rings (SSSR count). The van der Waals surface area contributed by atoms with E-state index in [9.17, 15) is 13.2 Å². The van der Waals surface area contributed by atoms with Gasteiger partial charge < -0.3 is 9.88 Å². The van der Waals surface area contributed by atoms with Gasteiger partial charge in [-0.1, -0.05) is 35.3 Å². The van der Waals surface area contributed by atoms with Crippen LogP contribution in [0.5, 0.6) is 0 Å². The summed E-state index contributed by atoms with van der Waals surface area (Å²) in [6.07, 6.45) is 6.34. The number of hydrogen-bond acceptors (Lipinski definition) is 4. The van der Waals surface area contributed by atoms with Crippen LogP contribution >= 0.6 is 23.2 Å². The third kappa shape index (κ3) is 6.22. The number of carbonyl (C=O) groups excluding carboxylic acids is 1. The molecule has 0 radical (unpaired) electrons. The minimum absolute atomic E-state index is 0.0102. The first-order valence-corrected chi connectivity index (χ1v) is 11.4. The highest BCUT2D eigenvalue weighted by molar-refractivity contribution is 7.92. The van der Waals surface area contributed by atoms with E-state index in [1.807, 2.05) is 10.8 Å². The maximum atomic E-state index is 12.5. The number of benzene rings is 2. The number of aromatic nitrogens is 2. The Kier molecular flexibility index (Phi) is 7.36. The molecule has 0 aliphatic rings. The molecule has 0 fully saturated rings. The van der Waals surface area contributed by atoms with Crippen molar-refractivity contribution in [2.75, 3.05) is 11.3 Å². The van der Waals surface area contributed by atoms with E-state index in [1.165, 1.54) is 18.2 Å². The molecule has 0 saturated carbocycles. The van der Waals surface area contributed by atoms with Crippen molar-refractivity contribution in [1.82, 2.24) is 14.9 Å². The van der Waals surface area contributed by atoms with Crippen molar-refractivity contribution in [1.29, 1.82) is 0 Å². The van der Waals surface area contributed by atoms with Crippen molar-refractivity contribution in [3.63, 3.8) is 0 Å². The average Bonchev–Trinajstić information content (AvgIpc) is 3.22. The second-order valence-electron chi connectivity index (χ2n) is 6.56. The molecule has 30 heavy (non-hydrogen) atoms. The Morgan fingerprint density at radius 3 is 2.50 bits per heavy atom. The summed E-state index contributed by atoms with van der Waals surface area (Å²) in [6.45, 7) is 1.35. The third-order valence-corrected chi connectivity index (χ3v) is 6.36. The van der Waals surface area contributed by atoms with E-state index in [2.05, 4.69) is 15.0 Å². The molecule has 0 atom stereocenters. The van der Waals surface area contributed by atoms with Crippen LogP contribution in [0.25, 0.3) is 0 Å². The first kappa shape index (κ1) is 22.1. The van der Waals surface area contributed by atoms with Gasteiger partial charge in [0.05, 0.1) is 27.7 Å². The second kappa shape index (κ2) is 9.97. The number of aryl methyl sites for hydroxylation is 1. The summed E-state index contributed by atoms with van der Waals surface area (Å²) in [7, 11) is -3.80. The van der Waals surface area contributed by atoms with Gasteiger partial charge >= 0.3 is 0 Å². The van der Waals surface area contributed by atoms with Gasteiger partial charge in [-0.15, -0.1) is 0 Å². The fraction of sp³-hybridized carbons (Fsp3) is 0.200. The number of hydrogen-bond donors (Lipinski definition) is 2. The van der Waals surface area contributed by atoms with Crippen LogP contribution in [0.2, 0.25) is 10.0 Å². The fourth-order valence-electron chi connectivity index (χ4n) is 2.71. The molecule has 0 aliphatic heterocycles. The van der Waals surface area contributed by atoms with Gasteiger partial charge in [-0.2, -0.15) is 0 Å². The quantitative estimate of drug-likeness (QED) is 0.469. The van der Waals surface area contributed by atoms with Gasteiger partial charge in [-0.25, -0.2) is 13.4 Å². The summed E-state index contributed by atoms with van der Waals surface area (Å²) >= 11 is 11.7. The summed E-state index contributed by atoms with van der Waals surface area (Å²) in [5, 5.41) is 3.31. The van der Waals surface area contributed by atoms with Crippen molar-refractivity contribution >= 4 is 44.8 Å². The second-order valence-corrected chi connectivity index (χ2v) is 9.06. The largest absolute Gasteiger partial charge is 0.356 e. The van der Waals surface area contributed by atoms with Crippen LogP contribution < -0.4 is 10.0 Å². The lowest BCUT2D eigenvalue weighted by molar-refractivity contribution is -0.120. The Morgan fingerprint density at radius 2 is 1.83 bits per heavy atom. The molecule has 1 aromatic heterocycles. The molecule has 0 bridgehead atoms. The van der Waals surface area contributed by atoms with Crippen LogP contribution in [0.15, 0.2) is 66.1 Å². The summed E-state index contributed by atoms with van der Waals surface area (Å²) in [6, 6.07) is 10.7. The Morgan fingerprint density at radius 1 is 1.07 bits per heavy atom. The van der Waals surface area contributed by atoms with E-state index in [4.69, 9.17) is 23.2 Å². The number of imidazole rings is 1. The topological polar surface area (TPSA) is 93.1 Å². The molecule has 0 unspecified atom stereocenters. The predicted molar refractivity (Wildman–Crippen MR) is 117 cm³/mol. The number of anilines is 1. The monoisotopic (exact) mass is 466 g/mol. The molecule has 0 aliphatic carbocycles. The van der Waals surface area contributed by atoms with Crippen LogP contribution in [0.4, 0.5) is 5.69 Å². The molecular formula is C20H20Cl2N4O3S. The number of nitrogens with zero attached hydrogens (tertiary/aromatic N) is 2. The van der Waals surface area contributed by atoms with E-state index >= 15 is 0 Å². The summed E-state index contributed by atoms with van der Waals surface area (Å²) in [4.78, 5) is 16.0. The van der Waals surface area contributed by atoms with E-state index < -0.39 is 10.0 Å². The molecule has 0 saturated heterocycles. The molecule has 1 heterocycles. The van der Waals surface area contributed by atoms with Gasteiger partial charge in [-0.05, 0) is 42.3 Å². The molecule has 158 valence electrons. The molecule has 1 amide bonds. The zero-order valence-electron chi connectivity index (χ0n) is 15.9. The van der Waals surface area contributed by atoms with Gasteiger partial charge in [0.15, 0.2) is 0 Å². The van der Waals surface area contributed by atoms with Crippen molar-refractivity contribution in [3.05, 3.63) is 76.8 Å². The van der Waals surface area contributed by atoms with Crippen LogP contribution in [-0.2, 0) is 27.8 Å². The Balaban J connectivity index is 1.50.